The molecule has 0 saturated carbocycles. The van der Waals surface area contributed by atoms with Crippen LogP contribution in [0.5, 0.6) is 0 Å². The van der Waals surface area contributed by atoms with Gasteiger partial charge in [-0.05, 0) is 48.6 Å². The van der Waals surface area contributed by atoms with E-state index in [1.54, 1.807) is 0 Å². The third-order valence-electron chi connectivity index (χ3n) is 2.57. The van der Waals surface area contributed by atoms with Crippen LogP contribution in [0.2, 0.25) is 0 Å². The van der Waals surface area contributed by atoms with Gasteiger partial charge in [0.2, 0.25) is 0 Å². The summed E-state index contributed by atoms with van der Waals surface area (Å²) in [5.74, 6) is 0. The Morgan fingerprint density at radius 3 is 2.75 bits per heavy atom. The molecule has 12 heavy (non-hydrogen) atoms. The number of halogens is 1. The van der Waals surface area contributed by atoms with Gasteiger partial charge in [-0.1, -0.05) is 28.1 Å². The summed E-state index contributed by atoms with van der Waals surface area (Å²) in [6.45, 7) is 4.36. The van der Waals surface area contributed by atoms with Crippen molar-refractivity contribution in [2.75, 3.05) is 0 Å². The molecule has 1 aromatic rings. The van der Waals surface area contributed by atoms with E-state index in [0.29, 0.717) is 0 Å². The van der Waals surface area contributed by atoms with Gasteiger partial charge in [-0.3, -0.25) is 0 Å². The van der Waals surface area contributed by atoms with Gasteiger partial charge in [0.05, 0.1) is 0 Å². The molecular weight excluding hydrogens is 212 g/mol. The molecule has 0 radical (unpaired) electrons. The molecule has 0 amide bonds. The molecule has 0 fully saturated rings. The molecule has 0 bridgehead atoms. The number of fused-ring (bicyclic) bond motifs is 1. The summed E-state index contributed by atoms with van der Waals surface area (Å²) in [6, 6.07) is 4.34. The first-order valence-electron chi connectivity index (χ1n) is 4.15. The zero-order chi connectivity index (χ0) is 8.72. The highest BCUT2D eigenvalue weighted by Gasteiger charge is 2.13. The van der Waals surface area contributed by atoms with Crippen LogP contribution in [0.4, 0.5) is 0 Å². The minimum Gasteiger partial charge on any atom is -0.0766 e. The fourth-order valence-corrected chi connectivity index (χ4v) is 2.10. The fourth-order valence-electron chi connectivity index (χ4n) is 1.73. The molecule has 0 N–H and O–H groups in total. The van der Waals surface area contributed by atoms with Crippen molar-refractivity contribution in [3.8, 4) is 0 Å². The summed E-state index contributed by atoms with van der Waals surface area (Å²) in [6.07, 6.45) is 3.40. The van der Waals surface area contributed by atoms with Gasteiger partial charge in [-0.15, -0.1) is 0 Å². The van der Waals surface area contributed by atoms with Gasteiger partial charge < -0.3 is 0 Å². The lowest BCUT2D eigenvalue weighted by atomic mass is 10.0. The lowest BCUT2D eigenvalue weighted by Crippen LogP contribution is -1.89. The van der Waals surface area contributed by atoms with E-state index in [4.69, 9.17) is 0 Å². The Labute approximate surface area is 81.4 Å². The van der Waals surface area contributed by atoms with Crippen LogP contribution in [-0.4, -0.2) is 0 Å². The fraction of sp³-hybridized carbons (Fsp3) is 0.273. The maximum absolute atomic E-state index is 3.55. The zero-order valence-corrected chi connectivity index (χ0v) is 8.90. The standard InChI is InChI=1S/C11H11Br/c1-7-3-4-10-8(2)11(12)6-5-9(7)10/h3,5-6H,4H2,1-2H3. The van der Waals surface area contributed by atoms with Gasteiger partial charge in [-0.2, -0.15) is 0 Å². The Morgan fingerprint density at radius 2 is 2.00 bits per heavy atom. The van der Waals surface area contributed by atoms with Crippen LogP contribution in [-0.2, 0) is 6.42 Å². The van der Waals surface area contributed by atoms with E-state index >= 15 is 0 Å². The highest BCUT2D eigenvalue weighted by molar-refractivity contribution is 9.10. The number of hydrogen-bond acceptors (Lipinski definition) is 0. The molecule has 0 heterocycles. The molecule has 1 aliphatic carbocycles. The predicted octanol–water partition coefficient (Wildman–Crippen LogP) is 3.72. The quantitative estimate of drug-likeness (QED) is 0.628. The van der Waals surface area contributed by atoms with Crippen LogP contribution in [0.3, 0.4) is 0 Å². The Balaban J connectivity index is 2.66. The lowest BCUT2D eigenvalue weighted by Gasteiger charge is -2.06. The molecule has 0 spiro atoms. The predicted molar refractivity (Wildman–Crippen MR) is 56.2 cm³/mol. The van der Waals surface area contributed by atoms with Crippen molar-refractivity contribution in [2.45, 2.75) is 20.3 Å². The minimum absolute atomic E-state index is 1.10. The van der Waals surface area contributed by atoms with E-state index in [1.807, 2.05) is 0 Å². The largest absolute Gasteiger partial charge is 0.0766 e. The van der Waals surface area contributed by atoms with E-state index < -0.39 is 0 Å². The monoisotopic (exact) mass is 222 g/mol. The number of hydrogen-bond donors (Lipinski definition) is 0. The molecule has 0 atom stereocenters. The third kappa shape index (κ3) is 1.04. The summed E-state index contributed by atoms with van der Waals surface area (Å²) < 4.78 is 1.23. The van der Waals surface area contributed by atoms with Gasteiger partial charge in [0.1, 0.15) is 0 Å². The van der Waals surface area contributed by atoms with Gasteiger partial charge in [-0.25, -0.2) is 0 Å². The van der Waals surface area contributed by atoms with Crippen molar-refractivity contribution in [3.63, 3.8) is 0 Å². The van der Waals surface area contributed by atoms with E-state index in [0.717, 1.165) is 6.42 Å². The second-order valence-corrected chi connectivity index (χ2v) is 4.14. The summed E-state index contributed by atoms with van der Waals surface area (Å²) >= 11 is 3.55. The Morgan fingerprint density at radius 1 is 1.25 bits per heavy atom. The van der Waals surface area contributed by atoms with Crippen LogP contribution in [0.25, 0.3) is 5.57 Å². The molecule has 0 saturated heterocycles. The van der Waals surface area contributed by atoms with Crippen LogP contribution >= 0.6 is 15.9 Å². The molecule has 62 valence electrons. The van der Waals surface area contributed by atoms with Crippen LogP contribution in [0.1, 0.15) is 23.6 Å². The second-order valence-electron chi connectivity index (χ2n) is 3.29. The van der Waals surface area contributed by atoms with Crippen molar-refractivity contribution >= 4 is 21.5 Å². The molecule has 0 aliphatic heterocycles. The molecule has 0 nitrogen and oxygen atoms in total. The summed E-state index contributed by atoms with van der Waals surface area (Å²) in [4.78, 5) is 0. The summed E-state index contributed by atoms with van der Waals surface area (Å²) in [7, 11) is 0. The maximum Gasteiger partial charge on any atom is 0.0207 e. The van der Waals surface area contributed by atoms with E-state index in [9.17, 15) is 0 Å². The zero-order valence-electron chi connectivity index (χ0n) is 7.32. The third-order valence-corrected chi connectivity index (χ3v) is 3.43. The van der Waals surface area contributed by atoms with Gasteiger partial charge in [0, 0.05) is 4.47 Å². The topological polar surface area (TPSA) is 0 Å². The SMILES string of the molecule is CC1=CCc2c1ccc(Br)c2C. The van der Waals surface area contributed by atoms with Crippen molar-refractivity contribution < 1.29 is 0 Å². The first kappa shape index (κ1) is 8.06. The van der Waals surface area contributed by atoms with Gasteiger partial charge >= 0.3 is 0 Å². The van der Waals surface area contributed by atoms with Crippen molar-refractivity contribution in [2.24, 2.45) is 0 Å². The molecule has 2 rings (SSSR count). The van der Waals surface area contributed by atoms with Crippen molar-refractivity contribution in [1.82, 2.24) is 0 Å². The summed E-state index contributed by atoms with van der Waals surface area (Å²) in [5.41, 5.74) is 5.72. The van der Waals surface area contributed by atoms with Gasteiger partial charge in [0.15, 0.2) is 0 Å². The average molecular weight is 223 g/mol. The molecule has 1 aliphatic rings. The number of allylic oxidation sites excluding steroid dienone is 2. The average Bonchev–Trinajstić information content (AvgIpc) is 2.41. The Kier molecular flexibility index (Phi) is 1.84. The van der Waals surface area contributed by atoms with E-state index in [1.165, 1.54) is 26.7 Å². The van der Waals surface area contributed by atoms with E-state index in [-0.39, 0.29) is 0 Å². The smallest absolute Gasteiger partial charge is 0.0207 e. The first-order valence-corrected chi connectivity index (χ1v) is 4.94. The summed E-state index contributed by atoms with van der Waals surface area (Å²) in [5, 5.41) is 0. The molecule has 1 heteroatoms. The Hall–Kier alpha value is -0.560. The molecular formula is C11H11Br. The lowest BCUT2D eigenvalue weighted by molar-refractivity contribution is 1.23. The first-order chi connectivity index (χ1) is 5.70. The van der Waals surface area contributed by atoms with Crippen LogP contribution in [0.15, 0.2) is 22.7 Å². The highest BCUT2D eigenvalue weighted by Crippen LogP contribution is 2.32. The Bertz CT molecular complexity index is 362. The molecule has 1 aromatic carbocycles. The van der Waals surface area contributed by atoms with Crippen LogP contribution in [0, 0.1) is 6.92 Å². The van der Waals surface area contributed by atoms with Gasteiger partial charge in [0.25, 0.3) is 0 Å². The minimum atomic E-state index is 1.10. The number of benzene rings is 1. The normalized spacial score (nSPS) is 14.4. The van der Waals surface area contributed by atoms with Crippen LogP contribution < -0.4 is 0 Å². The maximum atomic E-state index is 3.55. The molecule has 0 unspecified atom stereocenters. The molecule has 0 aromatic heterocycles. The van der Waals surface area contributed by atoms with Crippen molar-refractivity contribution in [3.05, 3.63) is 39.4 Å². The van der Waals surface area contributed by atoms with E-state index in [2.05, 4.69) is 48.0 Å². The highest BCUT2D eigenvalue weighted by atomic mass is 79.9. The van der Waals surface area contributed by atoms with Crippen molar-refractivity contribution in [1.29, 1.82) is 0 Å². The second kappa shape index (κ2) is 2.74. The number of rotatable bonds is 0.